The lowest BCUT2D eigenvalue weighted by Crippen LogP contribution is -2.40. The SMILES string of the molecule is CC(NC(=O)CCl)C1=CC(Cl)=CC2NCCC12. The summed E-state index contributed by atoms with van der Waals surface area (Å²) in [6.07, 6.45) is 5.09. The molecule has 1 fully saturated rings. The fourth-order valence-electron chi connectivity index (χ4n) is 2.57. The fraction of sp³-hybridized carbons (Fsp3) is 0.583. The number of rotatable bonds is 3. The normalized spacial score (nSPS) is 29.1. The predicted molar refractivity (Wildman–Crippen MR) is 70.2 cm³/mol. The van der Waals surface area contributed by atoms with Crippen molar-refractivity contribution in [2.45, 2.75) is 25.4 Å². The summed E-state index contributed by atoms with van der Waals surface area (Å²) in [4.78, 5) is 11.3. The monoisotopic (exact) mass is 274 g/mol. The van der Waals surface area contributed by atoms with Crippen LogP contribution < -0.4 is 10.6 Å². The Bertz CT molecular complexity index is 379. The van der Waals surface area contributed by atoms with Crippen molar-refractivity contribution in [2.75, 3.05) is 12.4 Å². The van der Waals surface area contributed by atoms with Gasteiger partial charge in [0.2, 0.25) is 5.91 Å². The van der Waals surface area contributed by atoms with Crippen LogP contribution in [0.5, 0.6) is 0 Å². The standard InChI is InChI=1S/C12H16Cl2N2O/c1-7(16-12(17)6-13)10-4-8(14)5-11-9(10)2-3-15-11/h4-5,7,9,11,15H,2-3,6H2,1H3,(H,16,17). The minimum absolute atomic E-state index is 0.00641. The van der Waals surface area contributed by atoms with Crippen LogP contribution in [-0.2, 0) is 4.79 Å². The molecule has 5 heteroatoms. The van der Waals surface area contributed by atoms with Gasteiger partial charge in [-0.15, -0.1) is 11.6 Å². The van der Waals surface area contributed by atoms with Gasteiger partial charge in [0.25, 0.3) is 0 Å². The molecule has 1 aliphatic heterocycles. The van der Waals surface area contributed by atoms with Gasteiger partial charge in [-0.2, -0.15) is 0 Å². The van der Waals surface area contributed by atoms with Crippen LogP contribution in [0.3, 0.4) is 0 Å². The largest absolute Gasteiger partial charge is 0.349 e. The van der Waals surface area contributed by atoms with Crippen molar-refractivity contribution in [1.82, 2.24) is 10.6 Å². The molecular formula is C12H16Cl2N2O. The molecule has 1 aliphatic carbocycles. The summed E-state index contributed by atoms with van der Waals surface area (Å²) >= 11 is 11.6. The van der Waals surface area contributed by atoms with E-state index >= 15 is 0 Å². The van der Waals surface area contributed by atoms with Crippen molar-refractivity contribution in [1.29, 1.82) is 0 Å². The van der Waals surface area contributed by atoms with E-state index < -0.39 is 0 Å². The third-order valence-corrected chi connectivity index (χ3v) is 3.82. The van der Waals surface area contributed by atoms with Crippen molar-refractivity contribution in [3.63, 3.8) is 0 Å². The first kappa shape index (κ1) is 12.9. The van der Waals surface area contributed by atoms with E-state index in [1.165, 1.54) is 5.57 Å². The van der Waals surface area contributed by atoms with E-state index in [1.54, 1.807) is 0 Å². The van der Waals surface area contributed by atoms with E-state index in [9.17, 15) is 4.79 Å². The molecule has 0 aromatic carbocycles. The number of hydrogen-bond acceptors (Lipinski definition) is 2. The van der Waals surface area contributed by atoms with Crippen LogP contribution in [0.15, 0.2) is 22.8 Å². The van der Waals surface area contributed by atoms with E-state index in [2.05, 4.69) is 10.6 Å². The Morgan fingerprint density at radius 1 is 1.71 bits per heavy atom. The van der Waals surface area contributed by atoms with Crippen LogP contribution in [0.4, 0.5) is 0 Å². The zero-order valence-electron chi connectivity index (χ0n) is 9.67. The van der Waals surface area contributed by atoms with Crippen molar-refractivity contribution >= 4 is 29.1 Å². The van der Waals surface area contributed by atoms with E-state index in [-0.39, 0.29) is 17.8 Å². The second kappa shape index (κ2) is 5.42. The summed E-state index contributed by atoms with van der Waals surface area (Å²) in [5, 5.41) is 7.02. The number of allylic oxidation sites excluding steroid dienone is 2. The van der Waals surface area contributed by atoms with Crippen LogP contribution in [0, 0.1) is 5.92 Å². The Balaban J connectivity index is 2.13. The highest BCUT2D eigenvalue weighted by molar-refractivity contribution is 6.31. The third kappa shape index (κ3) is 2.84. The molecule has 2 N–H and O–H groups in total. The topological polar surface area (TPSA) is 41.1 Å². The number of hydrogen-bond donors (Lipinski definition) is 2. The van der Waals surface area contributed by atoms with E-state index in [4.69, 9.17) is 23.2 Å². The van der Waals surface area contributed by atoms with Crippen LogP contribution in [0.2, 0.25) is 0 Å². The summed E-state index contributed by atoms with van der Waals surface area (Å²) in [7, 11) is 0. The molecule has 3 unspecified atom stereocenters. The van der Waals surface area contributed by atoms with Gasteiger partial charge < -0.3 is 10.6 Å². The molecule has 0 saturated carbocycles. The molecule has 2 rings (SSSR count). The molecule has 0 radical (unpaired) electrons. The Hall–Kier alpha value is -0.510. The molecule has 0 spiro atoms. The molecule has 3 atom stereocenters. The van der Waals surface area contributed by atoms with Gasteiger partial charge in [-0.25, -0.2) is 0 Å². The zero-order chi connectivity index (χ0) is 12.4. The quantitative estimate of drug-likeness (QED) is 0.771. The maximum absolute atomic E-state index is 11.3. The third-order valence-electron chi connectivity index (χ3n) is 3.34. The molecule has 0 aromatic rings. The van der Waals surface area contributed by atoms with Gasteiger partial charge in [-0.3, -0.25) is 4.79 Å². The maximum Gasteiger partial charge on any atom is 0.235 e. The van der Waals surface area contributed by atoms with Gasteiger partial charge in [0.15, 0.2) is 0 Å². The smallest absolute Gasteiger partial charge is 0.235 e. The molecule has 1 amide bonds. The number of fused-ring (bicyclic) bond motifs is 1. The lowest BCUT2D eigenvalue weighted by Gasteiger charge is -2.28. The molecule has 2 aliphatic rings. The number of alkyl halides is 1. The predicted octanol–water partition coefficient (Wildman–Crippen LogP) is 1.77. The molecule has 3 nitrogen and oxygen atoms in total. The Morgan fingerprint density at radius 2 is 2.47 bits per heavy atom. The Labute approximate surface area is 111 Å². The number of carbonyl (C=O) groups is 1. The molecular weight excluding hydrogens is 259 g/mol. The highest BCUT2D eigenvalue weighted by atomic mass is 35.5. The Kier molecular flexibility index (Phi) is 4.13. The van der Waals surface area contributed by atoms with Crippen molar-refractivity contribution in [2.24, 2.45) is 5.92 Å². The summed E-state index contributed by atoms with van der Waals surface area (Å²) in [5.41, 5.74) is 1.19. The van der Waals surface area contributed by atoms with Gasteiger partial charge in [0.05, 0.1) is 0 Å². The number of nitrogens with one attached hydrogen (secondary N) is 2. The molecule has 1 heterocycles. The lowest BCUT2D eigenvalue weighted by atomic mass is 9.84. The van der Waals surface area contributed by atoms with Crippen LogP contribution >= 0.6 is 23.2 Å². The van der Waals surface area contributed by atoms with Crippen molar-refractivity contribution < 1.29 is 4.79 Å². The first-order valence-electron chi connectivity index (χ1n) is 5.79. The maximum atomic E-state index is 11.3. The molecule has 17 heavy (non-hydrogen) atoms. The molecule has 0 bridgehead atoms. The Morgan fingerprint density at radius 3 is 3.18 bits per heavy atom. The van der Waals surface area contributed by atoms with Crippen LogP contribution in [0.25, 0.3) is 0 Å². The molecule has 1 saturated heterocycles. The number of amides is 1. The summed E-state index contributed by atoms with van der Waals surface area (Å²) in [6, 6.07) is 0.286. The van der Waals surface area contributed by atoms with Gasteiger partial charge in [0.1, 0.15) is 5.88 Å². The average Bonchev–Trinajstić information content (AvgIpc) is 2.75. The first-order chi connectivity index (χ1) is 8.11. The van der Waals surface area contributed by atoms with Gasteiger partial charge >= 0.3 is 0 Å². The molecule has 94 valence electrons. The summed E-state index contributed by atoms with van der Waals surface area (Å²) in [6.45, 7) is 2.96. The summed E-state index contributed by atoms with van der Waals surface area (Å²) in [5.74, 6) is 0.282. The lowest BCUT2D eigenvalue weighted by molar-refractivity contribution is -0.119. The van der Waals surface area contributed by atoms with Gasteiger partial charge in [-0.05, 0) is 37.6 Å². The fourth-order valence-corrected chi connectivity index (χ4v) is 2.91. The van der Waals surface area contributed by atoms with E-state index in [0.717, 1.165) is 18.0 Å². The zero-order valence-corrected chi connectivity index (χ0v) is 11.2. The second-order valence-electron chi connectivity index (χ2n) is 4.49. The van der Waals surface area contributed by atoms with Crippen molar-refractivity contribution in [3.05, 3.63) is 22.8 Å². The van der Waals surface area contributed by atoms with Crippen molar-refractivity contribution in [3.8, 4) is 0 Å². The second-order valence-corrected chi connectivity index (χ2v) is 5.20. The van der Waals surface area contributed by atoms with E-state index in [0.29, 0.717) is 12.0 Å². The first-order valence-corrected chi connectivity index (χ1v) is 6.70. The minimum atomic E-state index is -0.145. The van der Waals surface area contributed by atoms with E-state index in [1.807, 2.05) is 19.1 Å². The van der Waals surface area contributed by atoms with Crippen LogP contribution in [0.1, 0.15) is 13.3 Å². The highest BCUT2D eigenvalue weighted by Crippen LogP contribution is 2.33. The highest BCUT2D eigenvalue weighted by Gasteiger charge is 2.33. The minimum Gasteiger partial charge on any atom is -0.349 e. The van der Waals surface area contributed by atoms with Crippen LogP contribution in [-0.4, -0.2) is 30.4 Å². The number of halogens is 2. The van der Waals surface area contributed by atoms with Gasteiger partial charge in [-0.1, -0.05) is 11.6 Å². The van der Waals surface area contributed by atoms with Gasteiger partial charge in [0, 0.05) is 23.0 Å². The summed E-state index contributed by atoms with van der Waals surface area (Å²) < 4.78 is 0. The number of carbonyl (C=O) groups excluding carboxylic acids is 1. The molecule has 0 aromatic heterocycles. The average molecular weight is 275 g/mol.